The largest absolute Gasteiger partial charge is 1.00 e. The second kappa shape index (κ2) is 6.01. The number of pyridine rings is 1. The molecule has 0 aliphatic carbocycles. The first-order chi connectivity index (χ1) is 6.16. The molecule has 5 heteroatoms. The fourth-order valence-electron chi connectivity index (χ4n) is 1.01. The van der Waals surface area contributed by atoms with Gasteiger partial charge in [0.25, 0.3) is 0 Å². The molecule has 4 nitrogen and oxygen atoms in total. The van der Waals surface area contributed by atoms with Crippen molar-refractivity contribution in [3.63, 3.8) is 0 Å². The van der Waals surface area contributed by atoms with E-state index in [2.05, 4.69) is 4.98 Å². The van der Waals surface area contributed by atoms with Crippen molar-refractivity contribution in [2.45, 2.75) is 12.8 Å². The average Bonchev–Trinajstić information content (AvgIpc) is 2.16. The van der Waals surface area contributed by atoms with Crippen LogP contribution in [0.5, 0.6) is 5.75 Å². The minimum absolute atomic E-state index is 0. The minimum atomic E-state index is -1.16. The maximum absolute atomic E-state index is 10.6. The zero-order valence-corrected chi connectivity index (χ0v) is 10.5. The summed E-state index contributed by atoms with van der Waals surface area (Å²) in [5, 5.41) is 10.6. The fraction of sp³-hybridized carbons (Fsp3) is 0.333. The first-order valence-electron chi connectivity index (χ1n) is 3.86. The van der Waals surface area contributed by atoms with Crippen molar-refractivity contribution in [1.82, 2.24) is 4.98 Å². The van der Waals surface area contributed by atoms with Crippen LogP contribution >= 0.6 is 0 Å². The first kappa shape index (κ1) is 13.4. The standard InChI is InChI=1S/C9H11NO3.Na/c1-6(9(11)12)8-7(13-2)4-3-5-10-8;/h3-6H,1-2H3,(H,11,12);/q;+1/p-1. The molecule has 1 aromatic heterocycles. The zero-order valence-electron chi connectivity index (χ0n) is 8.48. The van der Waals surface area contributed by atoms with Gasteiger partial charge in [-0.2, -0.15) is 0 Å². The Kier molecular flexibility index (Phi) is 5.76. The maximum Gasteiger partial charge on any atom is 1.00 e. The van der Waals surface area contributed by atoms with Crippen molar-refractivity contribution < 1.29 is 44.2 Å². The molecule has 1 unspecified atom stereocenters. The Morgan fingerprint density at radius 2 is 2.29 bits per heavy atom. The van der Waals surface area contributed by atoms with Gasteiger partial charge in [-0.15, -0.1) is 0 Å². The summed E-state index contributed by atoms with van der Waals surface area (Å²) < 4.78 is 4.96. The molecule has 14 heavy (non-hydrogen) atoms. The van der Waals surface area contributed by atoms with Crippen LogP contribution in [0.4, 0.5) is 0 Å². The Morgan fingerprint density at radius 3 is 2.79 bits per heavy atom. The minimum Gasteiger partial charge on any atom is -0.549 e. The van der Waals surface area contributed by atoms with Crippen molar-refractivity contribution in [3.8, 4) is 5.75 Å². The van der Waals surface area contributed by atoms with Crippen LogP contribution in [0.15, 0.2) is 18.3 Å². The molecule has 0 amide bonds. The molecule has 0 N–H and O–H groups in total. The predicted molar refractivity (Wildman–Crippen MR) is 44.2 cm³/mol. The Balaban J connectivity index is 0.00000169. The Morgan fingerprint density at radius 1 is 1.64 bits per heavy atom. The Bertz CT molecular complexity index is 317. The summed E-state index contributed by atoms with van der Waals surface area (Å²) in [6.45, 7) is 1.51. The van der Waals surface area contributed by atoms with E-state index in [4.69, 9.17) is 4.74 Å². The van der Waals surface area contributed by atoms with Crippen LogP contribution in [0, 0.1) is 0 Å². The van der Waals surface area contributed by atoms with Crippen LogP contribution in [0.1, 0.15) is 18.5 Å². The molecular weight excluding hydrogens is 193 g/mol. The van der Waals surface area contributed by atoms with Gasteiger partial charge in [-0.25, -0.2) is 0 Å². The summed E-state index contributed by atoms with van der Waals surface area (Å²) in [5.41, 5.74) is 0.394. The van der Waals surface area contributed by atoms with Crippen molar-refractivity contribution in [2.75, 3.05) is 7.11 Å². The van der Waals surface area contributed by atoms with Crippen molar-refractivity contribution in [1.29, 1.82) is 0 Å². The van der Waals surface area contributed by atoms with Gasteiger partial charge in [-0.3, -0.25) is 4.98 Å². The molecule has 0 spiro atoms. The molecule has 0 aliphatic heterocycles. The summed E-state index contributed by atoms with van der Waals surface area (Å²) in [5.74, 6) is -1.44. The van der Waals surface area contributed by atoms with Crippen molar-refractivity contribution in [2.24, 2.45) is 0 Å². The molecule has 70 valence electrons. The molecule has 0 fully saturated rings. The number of carboxylic acids is 1. The summed E-state index contributed by atoms with van der Waals surface area (Å²) in [4.78, 5) is 14.5. The summed E-state index contributed by atoms with van der Waals surface area (Å²) in [6.07, 6.45) is 1.53. The molecule has 0 radical (unpaired) electrons. The van der Waals surface area contributed by atoms with E-state index in [1.165, 1.54) is 20.2 Å². The second-order valence-electron chi connectivity index (χ2n) is 2.63. The smallest absolute Gasteiger partial charge is 0.549 e. The number of methoxy groups -OCH3 is 1. The normalized spacial score (nSPS) is 11.3. The van der Waals surface area contributed by atoms with Gasteiger partial charge in [-0.05, 0) is 12.1 Å². The fourth-order valence-corrected chi connectivity index (χ4v) is 1.01. The molecular formula is C9H10NNaO3. The molecule has 0 aromatic carbocycles. The number of ether oxygens (including phenoxy) is 1. The van der Waals surface area contributed by atoms with Gasteiger partial charge in [0.2, 0.25) is 0 Å². The molecule has 0 bridgehead atoms. The molecule has 1 aromatic rings. The zero-order chi connectivity index (χ0) is 9.84. The van der Waals surface area contributed by atoms with Crippen LogP contribution in [0.3, 0.4) is 0 Å². The van der Waals surface area contributed by atoms with Crippen molar-refractivity contribution >= 4 is 5.97 Å². The first-order valence-corrected chi connectivity index (χ1v) is 3.86. The number of aromatic nitrogens is 1. The van der Waals surface area contributed by atoms with E-state index >= 15 is 0 Å². The quantitative estimate of drug-likeness (QED) is 0.490. The predicted octanol–water partition coefficient (Wildman–Crippen LogP) is -3.05. The number of carbonyl (C=O) groups excluding carboxylic acids is 1. The van der Waals surface area contributed by atoms with Gasteiger partial charge in [0, 0.05) is 12.1 Å². The van der Waals surface area contributed by atoms with Gasteiger partial charge in [0.1, 0.15) is 5.75 Å². The van der Waals surface area contributed by atoms with Crippen LogP contribution in [0.2, 0.25) is 0 Å². The van der Waals surface area contributed by atoms with Crippen molar-refractivity contribution in [3.05, 3.63) is 24.0 Å². The topological polar surface area (TPSA) is 62.2 Å². The van der Waals surface area contributed by atoms with Crippen LogP contribution < -0.4 is 39.4 Å². The van der Waals surface area contributed by atoms with E-state index in [9.17, 15) is 9.90 Å². The van der Waals surface area contributed by atoms with E-state index in [1.54, 1.807) is 12.1 Å². The third kappa shape index (κ3) is 2.97. The van der Waals surface area contributed by atoms with Crippen LogP contribution in [-0.4, -0.2) is 18.1 Å². The molecule has 1 rings (SSSR count). The van der Waals surface area contributed by atoms with Gasteiger partial charge in [0.15, 0.2) is 0 Å². The van der Waals surface area contributed by atoms with Crippen LogP contribution in [0.25, 0.3) is 0 Å². The van der Waals surface area contributed by atoms with E-state index in [0.717, 1.165) is 0 Å². The average molecular weight is 203 g/mol. The summed E-state index contributed by atoms with van der Waals surface area (Å²) in [6, 6.07) is 3.35. The molecule has 0 aliphatic rings. The Hall–Kier alpha value is -0.580. The van der Waals surface area contributed by atoms with E-state index < -0.39 is 11.9 Å². The number of hydrogen-bond acceptors (Lipinski definition) is 4. The van der Waals surface area contributed by atoms with E-state index in [-0.39, 0.29) is 29.6 Å². The number of aliphatic carboxylic acids is 1. The third-order valence-corrected chi connectivity index (χ3v) is 1.78. The number of rotatable bonds is 3. The number of nitrogens with zero attached hydrogens (tertiary/aromatic N) is 1. The number of carbonyl (C=O) groups is 1. The van der Waals surface area contributed by atoms with Gasteiger partial charge in [-0.1, -0.05) is 6.92 Å². The number of carboxylic acid groups (broad SMARTS) is 1. The van der Waals surface area contributed by atoms with E-state index in [1.807, 2.05) is 0 Å². The van der Waals surface area contributed by atoms with Gasteiger partial charge in [0.05, 0.1) is 18.8 Å². The molecule has 1 heterocycles. The maximum atomic E-state index is 10.6. The summed E-state index contributed by atoms with van der Waals surface area (Å²) in [7, 11) is 1.47. The van der Waals surface area contributed by atoms with Gasteiger partial charge < -0.3 is 14.6 Å². The summed E-state index contributed by atoms with van der Waals surface area (Å²) >= 11 is 0. The SMILES string of the molecule is COc1cccnc1C(C)C(=O)[O-].[Na+]. The van der Waals surface area contributed by atoms with Gasteiger partial charge >= 0.3 is 29.6 Å². The third-order valence-electron chi connectivity index (χ3n) is 1.78. The van der Waals surface area contributed by atoms with E-state index in [0.29, 0.717) is 11.4 Å². The second-order valence-corrected chi connectivity index (χ2v) is 2.63. The number of hydrogen-bond donors (Lipinski definition) is 0. The Labute approximate surface area is 105 Å². The van der Waals surface area contributed by atoms with Crippen LogP contribution in [-0.2, 0) is 4.79 Å². The molecule has 0 saturated carbocycles. The monoisotopic (exact) mass is 203 g/mol. The molecule has 0 saturated heterocycles. The molecule has 1 atom stereocenters.